The molecule has 300 valence electrons. The molecule has 57 heavy (non-hydrogen) atoms. The molecule has 3 unspecified atom stereocenters. The lowest BCUT2D eigenvalue weighted by Crippen LogP contribution is -2.57. The Balaban J connectivity index is 0.982. The summed E-state index contributed by atoms with van der Waals surface area (Å²) < 4.78 is 13.4. The minimum absolute atomic E-state index is 0.0106. The number of benzene rings is 4. The summed E-state index contributed by atoms with van der Waals surface area (Å²) in [5.74, 6) is 0.109. The van der Waals surface area contributed by atoms with E-state index in [2.05, 4.69) is 74.3 Å². The average molecular weight is 774 g/mol. The van der Waals surface area contributed by atoms with Crippen LogP contribution in [0.4, 0.5) is 5.69 Å². The van der Waals surface area contributed by atoms with Gasteiger partial charge in [-0.3, -0.25) is 14.4 Å². The van der Waals surface area contributed by atoms with Crippen molar-refractivity contribution in [2.45, 2.75) is 89.1 Å². The molecule has 0 aromatic heterocycles. The standard InChI is InChI=1S/C46H55N5O6/c1-33(53)47-24-7-3-6-13-43(54)48-29-35-9-8-10-39(27-35)36-18-20-38(21-19-36)44-56-41(28-42(57-44)37-16-14-34(31-52)15-17-37)30-50-25-22-46(23-26-50)45(55)49-32-51(46)40-11-4-2-5-12-40/h2,4-5,8-12,14-21,27,41-42,44,52H,3,6-7,13,22-26,28-32H2,1H3,(H,47,53)(H,48,54)(H,49,55). The van der Waals surface area contributed by atoms with Gasteiger partial charge in [0.25, 0.3) is 0 Å². The second-order valence-electron chi connectivity index (χ2n) is 15.5. The number of aliphatic hydroxyl groups excluding tert-OH is 1. The fraction of sp³-hybridized carbons (Fsp3) is 0.413. The monoisotopic (exact) mass is 773 g/mol. The Bertz CT molecular complexity index is 1950. The minimum atomic E-state index is -0.572. The van der Waals surface area contributed by atoms with Crippen molar-refractivity contribution in [2.75, 3.05) is 37.7 Å². The molecule has 11 heteroatoms. The van der Waals surface area contributed by atoms with E-state index in [0.717, 1.165) is 90.8 Å². The molecule has 4 aromatic rings. The van der Waals surface area contributed by atoms with Crippen molar-refractivity contribution in [1.29, 1.82) is 0 Å². The van der Waals surface area contributed by atoms with Gasteiger partial charge in [-0.25, -0.2) is 0 Å². The van der Waals surface area contributed by atoms with Gasteiger partial charge < -0.3 is 40.3 Å². The smallest absolute Gasteiger partial charge is 0.247 e. The lowest BCUT2D eigenvalue weighted by molar-refractivity contribution is -0.253. The van der Waals surface area contributed by atoms with Crippen LogP contribution in [0, 0.1) is 0 Å². The third-order valence-electron chi connectivity index (χ3n) is 11.6. The van der Waals surface area contributed by atoms with E-state index in [1.165, 1.54) is 6.92 Å². The number of carbonyl (C=O) groups is 3. The highest BCUT2D eigenvalue weighted by Gasteiger charge is 2.50. The van der Waals surface area contributed by atoms with Gasteiger partial charge in [-0.1, -0.05) is 91.3 Å². The zero-order chi connectivity index (χ0) is 39.6. The number of piperidine rings is 1. The molecule has 3 fully saturated rings. The summed E-state index contributed by atoms with van der Waals surface area (Å²) in [5.41, 5.74) is 6.49. The summed E-state index contributed by atoms with van der Waals surface area (Å²) in [6, 6.07) is 34.7. The molecule has 3 amide bonds. The molecule has 0 aliphatic carbocycles. The van der Waals surface area contributed by atoms with Crippen molar-refractivity contribution in [1.82, 2.24) is 20.9 Å². The first-order chi connectivity index (χ1) is 27.8. The van der Waals surface area contributed by atoms with Crippen molar-refractivity contribution in [3.63, 3.8) is 0 Å². The molecule has 11 nitrogen and oxygen atoms in total. The summed E-state index contributed by atoms with van der Waals surface area (Å²) in [4.78, 5) is 41.4. The highest BCUT2D eigenvalue weighted by atomic mass is 16.7. The van der Waals surface area contributed by atoms with E-state index in [1.54, 1.807) is 0 Å². The quantitative estimate of drug-likeness (QED) is 0.106. The number of likely N-dealkylation sites (tertiary alicyclic amines) is 1. The van der Waals surface area contributed by atoms with Crippen molar-refractivity contribution in [3.05, 3.63) is 125 Å². The topological polar surface area (TPSA) is 132 Å². The summed E-state index contributed by atoms with van der Waals surface area (Å²) in [6.45, 7) is 5.43. The number of unbranched alkanes of at least 4 members (excludes halogenated alkanes) is 2. The van der Waals surface area contributed by atoms with Gasteiger partial charge in [-0.2, -0.15) is 0 Å². The van der Waals surface area contributed by atoms with E-state index in [9.17, 15) is 19.5 Å². The highest BCUT2D eigenvalue weighted by Crippen LogP contribution is 2.40. The number of nitrogens with one attached hydrogen (secondary N) is 3. The molecule has 1 spiro atoms. The van der Waals surface area contributed by atoms with Crippen molar-refractivity contribution in [3.8, 4) is 11.1 Å². The largest absolute Gasteiger partial charge is 0.392 e. The van der Waals surface area contributed by atoms with Crippen molar-refractivity contribution < 1.29 is 29.0 Å². The van der Waals surface area contributed by atoms with Gasteiger partial charge in [0.15, 0.2) is 6.29 Å². The molecule has 7 rings (SSSR count). The molecular weight excluding hydrogens is 719 g/mol. The second kappa shape index (κ2) is 18.9. The van der Waals surface area contributed by atoms with Gasteiger partial charge in [0.2, 0.25) is 17.7 Å². The lowest BCUT2D eigenvalue weighted by atomic mass is 9.85. The third-order valence-corrected chi connectivity index (χ3v) is 11.6. The molecule has 0 radical (unpaired) electrons. The van der Waals surface area contributed by atoms with Gasteiger partial charge in [-0.15, -0.1) is 0 Å². The fourth-order valence-corrected chi connectivity index (χ4v) is 8.29. The number of amides is 3. The van der Waals surface area contributed by atoms with Crippen LogP contribution in [-0.2, 0) is 37.0 Å². The van der Waals surface area contributed by atoms with Gasteiger partial charge in [0.1, 0.15) is 5.54 Å². The zero-order valence-electron chi connectivity index (χ0n) is 32.8. The summed E-state index contributed by atoms with van der Waals surface area (Å²) in [7, 11) is 0. The average Bonchev–Trinajstić information content (AvgIpc) is 3.56. The number of anilines is 1. The van der Waals surface area contributed by atoms with E-state index in [1.807, 2.05) is 54.6 Å². The number of hydrogen-bond donors (Lipinski definition) is 4. The summed E-state index contributed by atoms with van der Waals surface area (Å²) in [6.07, 6.45) is 4.32. The normalized spacial score (nSPS) is 20.6. The molecule has 3 aliphatic rings. The van der Waals surface area contributed by atoms with E-state index in [0.29, 0.717) is 32.6 Å². The number of aliphatic hydroxyl groups is 1. The van der Waals surface area contributed by atoms with Crippen LogP contribution in [0.15, 0.2) is 103 Å². The maximum Gasteiger partial charge on any atom is 0.247 e. The van der Waals surface area contributed by atoms with Crippen LogP contribution in [-0.4, -0.2) is 72.2 Å². The third kappa shape index (κ3) is 10.1. The Morgan fingerprint density at radius 2 is 1.58 bits per heavy atom. The Kier molecular flexibility index (Phi) is 13.3. The van der Waals surface area contributed by atoms with E-state index < -0.39 is 11.8 Å². The number of ether oxygens (including phenoxy) is 2. The lowest BCUT2D eigenvalue weighted by Gasteiger charge is -2.45. The zero-order valence-corrected chi connectivity index (χ0v) is 32.8. The molecule has 3 saturated heterocycles. The number of nitrogens with zero attached hydrogens (tertiary/aromatic N) is 2. The van der Waals surface area contributed by atoms with E-state index in [-0.39, 0.29) is 36.5 Å². The first-order valence-corrected chi connectivity index (χ1v) is 20.3. The number of rotatable bonds is 15. The summed E-state index contributed by atoms with van der Waals surface area (Å²) >= 11 is 0. The predicted molar refractivity (Wildman–Crippen MR) is 220 cm³/mol. The van der Waals surface area contributed by atoms with Gasteiger partial charge >= 0.3 is 0 Å². The molecule has 3 aliphatic heterocycles. The molecular formula is C46H55N5O6. The van der Waals surface area contributed by atoms with Gasteiger partial charge in [0.05, 0.1) is 25.5 Å². The minimum Gasteiger partial charge on any atom is -0.392 e. The maximum absolute atomic E-state index is 13.3. The van der Waals surface area contributed by atoms with Crippen LogP contribution < -0.4 is 20.9 Å². The Morgan fingerprint density at radius 3 is 2.32 bits per heavy atom. The SMILES string of the molecule is CC(=O)NCCCCCC(=O)NCc1cccc(-c2ccc(C3OC(CN4CCC5(CC4)C(=O)NCN5c4ccccc4)CC(c4ccc(CO)cc4)O3)cc2)c1. The Labute approximate surface area is 335 Å². The van der Waals surface area contributed by atoms with Gasteiger partial charge in [0, 0.05) is 63.7 Å². The molecule has 3 atom stereocenters. The molecule has 0 saturated carbocycles. The maximum atomic E-state index is 13.3. The number of para-hydroxylation sites is 1. The van der Waals surface area contributed by atoms with Crippen LogP contribution >= 0.6 is 0 Å². The molecule has 3 heterocycles. The van der Waals surface area contributed by atoms with E-state index in [4.69, 9.17) is 9.47 Å². The van der Waals surface area contributed by atoms with Crippen molar-refractivity contribution >= 4 is 23.4 Å². The van der Waals surface area contributed by atoms with Crippen LogP contribution in [0.1, 0.15) is 86.5 Å². The van der Waals surface area contributed by atoms with Crippen LogP contribution in [0.2, 0.25) is 0 Å². The number of carbonyl (C=O) groups excluding carboxylic acids is 3. The fourth-order valence-electron chi connectivity index (χ4n) is 8.29. The predicted octanol–water partition coefficient (Wildman–Crippen LogP) is 6.13. The Morgan fingerprint density at radius 1 is 0.825 bits per heavy atom. The molecule has 4 aromatic carbocycles. The van der Waals surface area contributed by atoms with Crippen LogP contribution in [0.5, 0.6) is 0 Å². The molecule has 4 N–H and O–H groups in total. The first kappa shape index (κ1) is 40.1. The summed E-state index contributed by atoms with van der Waals surface area (Å²) in [5, 5.41) is 18.6. The van der Waals surface area contributed by atoms with Gasteiger partial charge in [-0.05, 0) is 71.7 Å². The second-order valence-corrected chi connectivity index (χ2v) is 15.5. The molecule has 0 bridgehead atoms. The van der Waals surface area contributed by atoms with Crippen LogP contribution in [0.3, 0.4) is 0 Å². The van der Waals surface area contributed by atoms with E-state index >= 15 is 0 Å². The number of hydrogen-bond acceptors (Lipinski definition) is 8. The van der Waals surface area contributed by atoms with Crippen LogP contribution in [0.25, 0.3) is 11.1 Å². The van der Waals surface area contributed by atoms with Crippen molar-refractivity contribution in [2.24, 2.45) is 0 Å². The Hall–Kier alpha value is -5.07. The highest BCUT2D eigenvalue weighted by molar-refractivity contribution is 5.93. The first-order valence-electron chi connectivity index (χ1n) is 20.3.